The number of hydrogen-bond donors (Lipinski definition) is 2. The normalized spacial score (nSPS) is 14.7. The zero-order chi connectivity index (χ0) is 20.4. The van der Waals surface area contributed by atoms with Gasteiger partial charge in [-0.05, 0) is 49.1 Å². The summed E-state index contributed by atoms with van der Waals surface area (Å²) in [5, 5.41) is 14.1. The highest BCUT2D eigenvalue weighted by molar-refractivity contribution is 7.19. The van der Waals surface area contributed by atoms with Crippen molar-refractivity contribution >= 4 is 33.3 Å². The van der Waals surface area contributed by atoms with Gasteiger partial charge < -0.3 is 10.4 Å². The van der Waals surface area contributed by atoms with Crippen molar-refractivity contribution in [2.75, 3.05) is 5.32 Å². The first-order valence-electron chi connectivity index (χ1n) is 10.4. The summed E-state index contributed by atoms with van der Waals surface area (Å²) in [7, 11) is 0. The number of nitrogens with one attached hydrogen (secondary N) is 1. The summed E-state index contributed by atoms with van der Waals surface area (Å²) >= 11 is 1.75. The highest BCUT2D eigenvalue weighted by Gasteiger charge is 2.25. The molecular weight excluding hydrogens is 382 g/mol. The molecule has 5 nitrogen and oxygen atoms in total. The van der Waals surface area contributed by atoms with Gasteiger partial charge in [0.2, 0.25) is 0 Å². The molecule has 29 heavy (non-hydrogen) atoms. The number of carbonyl (C=O) groups is 1. The number of benzene rings is 1. The molecule has 0 unspecified atom stereocenters. The summed E-state index contributed by atoms with van der Waals surface area (Å²) in [6.07, 6.45) is 5.67. The quantitative estimate of drug-likeness (QED) is 0.570. The minimum atomic E-state index is -0.834. The Kier molecular flexibility index (Phi) is 5.81. The molecule has 1 aliphatic rings. The highest BCUT2D eigenvalue weighted by atomic mass is 32.1. The van der Waals surface area contributed by atoms with Crippen LogP contribution in [0.2, 0.25) is 0 Å². The summed E-state index contributed by atoms with van der Waals surface area (Å²) in [6.45, 7) is 4.08. The van der Waals surface area contributed by atoms with Crippen LogP contribution in [0.15, 0.2) is 30.3 Å². The maximum Gasteiger partial charge on any atom is 0.326 e. The van der Waals surface area contributed by atoms with Crippen LogP contribution in [0.3, 0.4) is 0 Å². The molecule has 2 N–H and O–H groups in total. The number of aromatic nitrogens is 2. The fourth-order valence-electron chi connectivity index (χ4n) is 4.02. The van der Waals surface area contributed by atoms with Crippen molar-refractivity contribution < 1.29 is 9.90 Å². The second-order valence-electron chi connectivity index (χ2n) is 8.21. The molecule has 0 radical (unpaired) electrons. The van der Waals surface area contributed by atoms with E-state index in [1.54, 1.807) is 11.3 Å². The lowest BCUT2D eigenvalue weighted by Crippen LogP contribution is -2.31. The Morgan fingerprint density at radius 3 is 2.66 bits per heavy atom. The molecular formula is C23H27N3O2S. The first kappa shape index (κ1) is 19.8. The average Bonchev–Trinajstić information content (AvgIpc) is 3.06. The largest absolute Gasteiger partial charge is 0.480 e. The third-order valence-corrected chi connectivity index (χ3v) is 6.57. The van der Waals surface area contributed by atoms with Gasteiger partial charge in [0.05, 0.1) is 5.39 Å². The standard InChI is InChI=1S/C23H27N3O2S/c1-14(2)12-17(23(27)28)24-21-20-16-10-6-7-11-18(16)29-22(20)26-19(25-21)13-15-8-4-3-5-9-15/h3-5,8-9,14,17H,6-7,10-13H2,1-2H3,(H,27,28)(H,24,25,26)/t17-/m1/s1. The smallest absolute Gasteiger partial charge is 0.326 e. The van der Waals surface area contributed by atoms with Crippen LogP contribution in [0.1, 0.15) is 54.9 Å². The number of fused-ring (bicyclic) bond motifs is 3. The molecule has 1 aromatic carbocycles. The van der Waals surface area contributed by atoms with Gasteiger partial charge in [-0.15, -0.1) is 11.3 Å². The predicted octanol–water partition coefficient (Wildman–Crippen LogP) is 5.07. The number of nitrogens with zero attached hydrogens (tertiary/aromatic N) is 2. The van der Waals surface area contributed by atoms with Crippen molar-refractivity contribution in [1.29, 1.82) is 0 Å². The highest BCUT2D eigenvalue weighted by Crippen LogP contribution is 2.39. The number of hydrogen-bond acceptors (Lipinski definition) is 5. The van der Waals surface area contributed by atoms with Crippen molar-refractivity contribution in [3.05, 3.63) is 52.2 Å². The molecule has 0 amide bonds. The minimum absolute atomic E-state index is 0.279. The molecule has 0 spiro atoms. The van der Waals surface area contributed by atoms with Crippen LogP contribution in [-0.4, -0.2) is 27.1 Å². The van der Waals surface area contributed by atoms with Crippen LogP contribution in [0.4, 0.5) is 5.82 Å². The van der Waals surface area contributed by atoms with E-state index in [0.29, 0.717) is 18.7 Å². The number of rotatable bonds is 7. The maximum absolute atomic E-state index is 11.9. The summed E-state index contributed by atoms with van der Waals surface area (Å²) < 4.78 is 0. The SMILES string of the molecule is CC(C)C[C@@H](Nc1nc(Cc2ccccc2)nc2sc3c(c12)CCCC3)C(=O)O. The lowest BCUT2D eigenvalue weighted by Gasteiger charge is -2.19. The van der Waals surface area contributed by atoms with Gasteiger partial charge in [0.1, 0.15) is 22.5 Å². The molecule has 0 aliphatic heterocycles. The summed E-state index contributed by atoms with van der Waals surface area (Å²) in [4.78, 5) is 23.9. The molecule has 3 aromatic rings. The first-order chi connectivity index (χ1) is 14.0. The molecule has 4 rings (SSSR count). The van der Waals surface area contributed by atoms with E-state index in [0.717, 1.165) is 34.4 Å². The molecule has 2 aromatic heterocycles. The van der Waals surface area contributed by atoms with E-state index in [1.165, 1.54) is 23.3 Å². The van der Waals surface area contributed by atoms with E-state index < -0.39 is 12.0 Å². The lowest BCUT2D eigenvalue weighted by atomic mass is 9.96. The number of aliphatic carboxylic acids is 1. The van der Waals surface area contributed by atoms with Gasteiger partial charge in [-0.2, -0.15) is 0 Å². The fraction of sp³-hybridized carbons (Fsp3) is 0.435. The Morgan fingerprint density at radius 1 is 1.17 bits per heavy atom. The fourth-order valence-corrected chi connectivity index (χ4v) is 5.30. The molecule has 0 saturated carbocycles. The number of thiophene rings is 1. The third-order valence-electron chi connectivity index (χ3n) is 5.38. The molecule has 6 heteroatoms. The van der Waals surface area contributed by atoms with E-state index >= 15 is 0 Å². The predicted molar refractivity (Wildman–Crippen MR) is 118 cm³/mol. The number of carboxylic acids is 1. The number of carboxylic acid groups (broad SMARTS) is 1. The zero-order valence-corrected chi connectivity index (χ0v) is 17.8. The van der Waals surface area contributed by atoms with Crippen LogP contribution >= 0.6 is 11.3 Å². The summed E-state index contributed by atoms with van der Waals surface area (Å²) in [5.41, 5.74) is 2.47. The van der Waals surface area contributed by atoms with Gasteiger partial charge in [0.25, 0.3) is 0 Å². The monoisotopic (exact) mass is 409 g/mol. The van der Waals surface area contributed by atoms with Gasteiger partial charge in [-0.1, -0.05) is 44.2 Å². The second-order valence-corrected chi connectivity index (χ2v) is 9.29. The Labute approximate surface area is 175 Å². The van der Waals surface area contributed by atoms with E-state index in [1.807, 2.05) is 32.0 Å². The molecule has 0 saturated heterocycles. The third kappa shape index (κ3) is 4.42. The second kappa shape index (κ2) is 8.49. The Balaban J connectivity index is 1.78. The molecule has 152 valence electrons. The van der Waals surface area contributed by atoms with Crippen molar-refractivity contribution in [1.82, 2.24) is 9.97 Å². The van der Waals surface area contributed by atoms with Gasteiger partial charge >= 0.3 is 5.97 Å². The minimum Gasteiger partial charge on any atom is -0.480 e. The van der Waals surface area contributed by atoms with Crippen molar-refractivity contribution in [3.8, 4) is 0 Å². The average molecular weight is 410 g/mol. The topological polar surface area (TPSA) is 75.1 Å². The van der Waals surface area contributed by atoms with Crippen LogP contribution in [-0.2, 0) is 24.1 Å². The van der Waals surface area contributed by atoms with Crippen LogP contribution in [0, 0.1) is 5.92 Å². The van der Waals surface area contributed by atoms with Gasteiger partial charge in [0, 0.05) is 11.3 Å². The van der Waals surface area contributed by atoms with Gasteiger partial charge in [-0.25, -0.2) is 14.8 Å². The zero-order valence-electron chi connectivity index (χ0n) is 16.9. The van der Waals surface area contributed by atoms with Crippen molar-refractivity contribution in [2.24, 2.45) is 5.92 Å². The molecule has 0 bridgehead atoms. The van der Waals surface area contributed by atoms with Crippen LogP contribution in [0.25, 0.3) is 10.2 Å². The summed E-state index contributed by atoms with van der Waals surface area (Å²) in [5.74, 6) is 0.868. The molecule has 0 fully saturated rings. The number of anilines is 1. The van der Waals surface area contributed by atoms with E-state index in [2.05, 4.69) is 17.4 Å². The van der Waals surface area contributed by atoms with E-state index in [9.17, 15) is 9.90 Å². The van der Waals surface area contributed by atoms with Crippen molar-refractivity contribution in [3.63, 3.8) is 0 Å². The Morgan fingerprint density at radius 2 is 1.93 bits per heavy atom. The first-order valence-corrected chi connectivity index (χ1v) is 11.2. The Hall–Kier alpha value is -2.47. The van der Waals surface area contributed by atoms with Gasteiger partial charge in [0.15, 0.2) is 0 Å². The van der Waals surface area contributed by atoms with Gasteiger partial charge in [-0.3, -0.25) is 0 Å². The Bertz CT molecular complexity index is 1010. The van der Waals surface area contributed by atoms with Crippen LogP contribution in [0.5, 0.6) is 0 Å². The maximum atomic E-state index is 11.9. The molecule has 2 heterocycles. The number of aryl methyl sites for hydroxylation is 2. The van der Waals surface area contributed by atoms with Crippen molar-refractivity contribution in [2.45, 2.75) is 58.4 Å². The molecule has 1 aliphatic carbocycles. The van der Waals surface area contributed by atoms with E-state index in [4.69, 9.17) is 9.97 Å². The molecule has 1 atom stereocenters. The van der Waals surface area contributed by atoms with E-state index in [-0.39, 0.29) is 5.92 Å². The van der Waals surface area contributed by atoms with Crippen LogP contribution < -0.4 is 5.32 Å². The lowest BCUT2D eigenvalue weighted by molar-refractivity contribution is -0.138. The summed E-state index contributed by atoms with van der Waals surface area (Å²) in [6, 6.07) is 9.51.